The number of nitrogens with two attached hydrogens (primary N) is 2. The van der Waals surface area contributed by atoms with Crippen molar-refractivity contribution in [1.82, 2.24) is 15.0 Å². The van der Waals surface area contributed by atoms with E-state index >= 15 is 0 Å². The second-order valence-electron chi connectivity index (χ2n) is 9.25. The van der Waals surface area contributed by atoms with Crippen LogP contribution in [0, 0.1) is 6.92 Å². The maximum atomic E-state index is 13.0. The first-order valence-electron chi connectivity index (χ1n) is 12.8. The van der Waals surface area contributed by atoms with Crippen molar-refractivity contribution in [2.45, 2.75) is 47.1 Å². The number of anilines is 2. The molecule has 3 rings (SSSR count). The van der Waals surface area contributed by atoms with E-state index in [4.69, 9.17) is 20.9 Å². The van der Waals surface area contributed by atoms with Crippen LogP contribution in [0.1, 0.15) is 50.1 Å². The molecule has 1 aromatic heterocycles. The fourth-order valence-corrected chi connectivity index (χ4v) is 3.96. The first kappa shape index (κ1) is 31.6. The summed E-state index contributed by atoms with van der Waals surface area (Å²) in [5.41, 5.74) is 17.8. The fourth-order valence-electron chi connectivity index (χ4n) is 3.96. The molecule has 4 N–H and O–H groups in total. The van der Waals surface area contributed by atoms with E-state index in [2.05, 4.69) is 48.2 Å². The molecule has 1 aliphatic heterocycles. The lowest BCUT2D eigenvalue weighted by atomic mass is 9.99. The highest BCUT2D eigenvalue weighted by molar-refractivity contribution is 5.95. The van der Waals surface area contributed by atoms with Gasteiger partial charge < -0.3 is 20.9 Å². The average Bonchev–Trinajstić information content (AvgIpc) is 2.93. The minimum absolute atomic E-state index is 0.127. The van der Waals surface area contributed by atoms with Crippen molar-refractivity contribution in [3.05, 3.63) is 88.7 Å². The minimum atomic E-state index is -0.297. The Kier molecular flexibility index (Phi) is 11.4. The lowest BCUT2D eigenvalue weighted by molar-refractivity contribution is -0.127. The molecule has 0 saturated heterocycles. The molecule has 0 fully saturated rings. The molecule has 0 saturated carbocycles. The summed E-state index contributed by atoms with van der Waals surface area (Å²) in [4.78, 5) is 21.3. The zero-order valence-corrected chi connectivity index (χ0v) is 24.5. The number of benzene rings is 1. The Labute approximate surface area is 237 Å². The molecule has 2 heterocycles. The highest BCUT2D eigenvalue weighted by Gasteiger charge is 2.24. The van der Waals surface area contributed by atoms with Crippen LogP contribution in [-0.2, 0) is 11.2 Å². The normalized spacial score (nSPS) is 14.4. The van der Waals surface area contributed by atoms with Crippen LogP contribution >= 0.6 is 0 Å². The first-order valence-corrected chi connectivity index (χ1v) is 12.8. The standard InChI is InChI=1S/C26H30N6O3.C5H10/c1-7-18-14-29-32(16(4)20(18)8-2)23(33)10-9-19-11-17(13-22(34-5)24(19)35-6)12-21-15(3)30-26(28)31-25(21)27;1-4-5(2)3/h7-11,13-14,16H,1-2,12H2,3-6H3,(H4,27,28,30,31);4H,1-3H3/b10-9+;. The first-order chi connectivity index (χ1) is 19.0. The Morgan fingerprint density at radius 3 is 2.33 bits per heavy atom. The van der Waals surface area contributed by atoms with E-state index in [1.54, 1.807) is 38.7 Å². The second kappa shape index (κ2) is 14.5. The van der Waals surface area contributed by atoms with Gasteiger partial charge in [-0.2, -0.15) is 10.1 Å². The highest BCUT2D eigenvalue weighted by Crippen LogP contribution is 2.35. The molecule has 0 spiro atoms. The number of aryl methyl sites for hydroxylation is 1. The predicted molar refractivity (Wildman–Crippen MR) is 164 cm³/mol. The molecule has 1 aromatic carbocycles. The largest absolute Gasteiger partial charge is 0.493 e. The van der Waals surface area contributed by atoms with Crippen molar-refractivity contribution in [1.29, 1.82) is 0 Å². The van der Waals surface area contributed by atoms with Gasteiger partial charge in [0, 0.05) is 29.3 Å². The predicted octanol–water partition coefficient (Wildman–Crippen LogP) is 5.43. The maximum Gasteiger partial charge on any atom is 0.267 e. The number of hydrazone groups is 1. The summed E-state index contributed by atoms with van der Waals surface area (Å²) < 4.78 is 11.1. The number of carbonyl (C=O) groups is 1. The summed E-state index contributed by atoms with van der Waals surface area (Å²) in [6.45, 7) is 17.5. The molecule has 9 heteroatoms. The number of methoxy groups -OCH3 is 2. The summed E-state index contributed by atoms with van der Waals surface area (Å²) >= 11 is 0. The van der Waals surface area contributed by atoms with E-state index in [1.807, 2.05) is 32.9 Å². The molecule has 212 valence electrons. The molecule has 1 unspecified atom stereocenters. The fraction of sp³-hybridized carbons (Fsp3) is 0.290. The van der Waals surface area contributed by atoms with Gasteiger partial charge in [0.1, 0.15) is 5.82 Å². The lowest BCUT2D eigenvalue weighted by Gasteiger charge is -2.28. The van der Waals surface area contributed by atoms with E-state index in [0.717, 1.165) is 22.3 Å². The Morgan fingerprint density at radius 1 is 1.12 bits per heavy atom. The van der Waals surface area contributed by atoms with Crippen molar-refractivity contribution in [2.75, 3.05) is 25.7 Å². The molecular weight excluding hydrogens is 504 g/mol. The van der Waals surface area contributed by atoms with Gasteiger partial charge in [0.2, 0.25) is 5.95 Å². The summed E-state index contributed by atoms with van der Waals surface area (Å²) in [5, 5.41) is 5.68. The number of nitrogen functional groups attached to an aromatic ring is 2. The van der Waals surface area contributed by atoms with Crippen LogP contribution in [-0.4, -0.2) is 47.4 Å². The number of nitrogens with zero attached hydrogens (tertiary/aromatic N) is 4. The van der Waals surface area contributed by atoms with Gasteiger partial charge in [0.25, 0.3) is 5.91 Å². The Morgan fingerprint density at radius 2 is 1.80 bits per heavy atom. The van der Waals surface area contributed by atoms with Crippen LogP contribution < -0.4 is 20.9 Å². The number of rotatable bonds is 8. The lowest BCUT2D eigenvalue weighted by Crippen LogP contribution is -2.37. The van der Waals surface area contributed by atoms with Crippen LogP contribution in [0.5, 0.6) is 11.5 Å². The van der Waals surface area contributed by atoms with Gasteiger partial charge in [-0.15, -0.1) is 0 Å². The number of hydrogen-bond donors (Lipinski definition) is 2. The van der Waals surface area contributed by atoms with Gasteiger partial charge in [-0.05, 0) is 69.5 Å². The topological polar surface area (TPSA) is 129 Å². The van der Waals surface area contributed by atoms with E-state index in [1.165, 1.54) is 16.7 Å². The van der Waals surface area contributed by atoms with Crippen molar-refractivity contribution in [2.24, 2.45) is 5.10 Å². The molecule has 0 radical (unpaired) electrons. The van der Waals surface area contributed by atoms with Crippen LogP contribution in [0.15, 0.2) is 71.4 Å². The quantitative estimate of drug-likeness (QED) is 0.335. The summed E-state index contributed by atoms with van der Waals surface area (Å²) in [6.07, 6.45) is 10.6. The zero-order chi connectivity index (χ0) is 30.0. The zero-order valence-electron chi connectivity index (χ0n) is 24.5. The van der Waals surface area contributed by atoms with Gasteiger partial charge >= 0.3 is 0 Å². The number of carbonyl (C=O) groups excluding carboxylic acids is 1. The number of ether oxygens (including phenoxy) is 2. The van der Waals surface area contributed by atoms with Gasteiger partial charge in [0.05, 0.1) is 26.5 Å². The molecule has 1 atom stereocenters. The minimum Gasteiger partial charge on any atom is -0.493 e. The molecule has 1 amide bonds. The van der Waals surface area contributed by atoms with Crippen molar-refractivity contribution in [3.8, 4) is 11.5 Å². The smallest absolute Gasteiger partial charge is 0.267 e. The molecule has 0 bridgehead atoms. The van der Waals surface area contributed by atoms with Crippen LogP contribution in [0.25, 0.3) is 6.08 Å². The number of aromatic nitrogens is 2. The monoisotopic (exact) mass is 544 g/mol. The molecule has 40 heavy (non-hydrogen) atoms. The van der Waals surface area contributed by atoms with Gasteiger partial charge in [-0.25, -0.2) is 9.99 Å². The third-order valence-corrected chi connectivity index (χ3v) is 6.33. The molecule has 2 aromatic rings. The Bertz CT molecular complexity index is 1360. The Balaban J connectivity index is 0.00000103. The average molecular weight is 545 g/mol. The molecular formula is C31H40N6O3. The second-order valence-corrected chi connectivity index (χ2v) is 9.25. The van der Waals surface area contributed by atoms with E-state index < -0.39 is 0 Å². The maximum absolute atomic E-state index is 13.0. The number of amides is 1. The Hall–Kier alpha value is -4.66. The van der Waals surface area contributed by atoms with Crippen molar-refractivity contribution in [3.63, 3.8) is 0 Å². The summed E-state index contributed by atoms with van der Waals surface area (Å²) in [7, 11) is 3.10. The van der Waals surface area contributed by atoms with E-state index in [0.29, 0.717) is 35.0 Å². The molecule has 0 aliphatic carbocycles. The van der Waals surface area contributed by atoms with E-state index in [-0.39, 0.29) is 17.9 Å². The van der Waals surface area contributed by atoms with Crippen molar-refractivity contribution < 1.29 is 14.3 Å². The van der Waals surface area contributed by atoms with E-state index in [9.17, 15) is 4.79 Å². The van der Waals surface area contributed by atoms with Crippen molar-refractivity contribution >= 4 is 30.0 Å². The number of allylic oxidation sites excluding steroid dienone is 4. The third-order valence-electron chi connectivity index (χ3n) is 6.33. The van der Waals surface area contributed by atoms with Crippen LogP contribution in [0.3, 0.4) is 0 Å². The third kappa shape index (κ3) is 7.69. The van der Waals surface area contributed by atoms with Gasteiger partial charge in [-0.1, -0.05) is 37.0 Å². The van der Waals surface area contributed by atoms with Crippen LogP contribution in [0.2, 0.25) is 0 Å². The summed E-state index contributed by atoms with van der Waals surface area (Å²) in [6, 6.07) is 3.46. The highest BCUT2D eigenvalue weighted by atomic mass is 16.5. The number of hydrogen-bond acceptors (Lipinski definition) is 8. The SMILES string of the molecule is C=CC1=C(C=C)C(C)N(C(=O)/C=C/c2cc(Cc3c(C)nc(N)nc3N)cc(OC)c2OC)N=C1.CC=C(C)C. The molecule has 9 nitrogen and oxygen atoms in total. The molecule has 1 aliphatic rings. The summed E-state index contributed by atoms with van der Waals surface area (Å²) in [5.74, 6) is 1.16. The van der Waals surface area contributed by atoms with Crippen LogP contribution in [0.4, 0.5) is 11.8 Å². The van der Waals surface area contributed by atoms with Gasteiger partial charge in [0.15, 0.2) is 11.5 Å². The van der Waals surface area contributed by atoms with Gasteiger partial charge in [-0.3, -0.25) is 4.79 Å².